The Kier molecular flexibility index (Phi) is 3.47. The molecular weight excluding hydrogens is 256 g/mol. The minimum atomic E-state index is -0.542. The molecule has 0 saturated carbocycles. The van der Waals surface area contributed by atoms with E-state index in [4.69, 9.17) is 4.74 Å². The number of hydrogen-bond donors (Lipinski definition) is 2. The Morgan fingerprint density at radius 1 is 1.50 bits per heavy atom. The fourth-order valence-corrected chi connectivity index (χ4v) is 2.34. The zero-order chi connectivity index (χ0) is 13.9. The fraction of sp³-hybridized carbons (Fsp3) is 0.357. The van der Waals surface area contributed by atoms with Crippen LogP contribution in [-0.2, 0) is 22.5 Å². The first kappa shape index (κ1) is 12.8. The van der Waals surface area contributed by atoms with Crippen molar-refractivity contribution in [2.45, 2.75) is 26.0 Å². The second kappa shape index (κ2) is 5.42. The summed E-state index contributed by atoms with van der Waals surface area (Å²) in [6, 6.07) is 7.88. The van der Waals surface area contributed by atoms with Crippen molar-refractivity contribution < 1.29 is 9.53 Å². The molecule has 0 aliphatic carbocycles. The largest absolute Gasteiger partial charge is 0.363 e. The minimum Gasteiger partial charge on any atom is -0.363 e. The van der Waals surface area contributed by atoms with Crippen molar-refractivity contribution in [1.29, 1.82) is 0 Å². The van der Waals surface area contributed by atoms with Crippen LogP contribution in [-0.4, -0.2) is 27.7 Å². The van der Waals surface area contributed by atoms with Crippen LogP contribution in [0.2, 0.25) is 0 Å². The van der Waals surface area contributed by atoms with Crippen LogP contribution in [0.1, 0.15) is 28.9 Å². The predicted molar refractivity (Wildman–Crippen MR) is 71.8 cm³/mol. The van der Waals surface area contributed by atoms with Crippen LogP contribution in [0.4, 0.5) is 0 Å². The molecule has 6 nitrogen and oxygen atoms in total. The standard InChI is InChI=1S/C14H16N4O2/c1-9-16-12(18-17-9)8-15-14(19)13-11-5-3-2-4-10(11)6-7-20-13/h2-5,13H,6-8H2,1H3,(H,15,19)(H,16,17,18). The molecule has 1 aliphatic heterocycles. The summed E-state index contributed by atoms with van der Waals surface area (Å²) in [6.45, 7) is 2.68. The number of carbonyl (C=O) groups excluding carboxylic acids is 1. The summed E-state index contributed by atoms with van der Waals surface area (Å²) in [7, 11) is 0. The molecule has 1 amide bonds. The van der Waals surface area contributed by atoms with Gasteiger partial charge in [-0.3, -0.25) is 9.89 Å². The summed E-state index contributed by atoms with van der Waals surface area (Å²) in [5.74, 6) is 1.15. The van der Waals surface area contributed by atoms with Crippen molar-refractivity contribution >= 4 is 5.91 Å². The van der Waals surface area contributed by atoms with Crippen LogP contribution in [0.25, 0.3) is 0 Å². The maximum atomic E-state index is 12.2. The number of hydrogen-bond acceptors (Lipinski definition) is 4. The van der Waals surface area contributed by atoms with E-state index < -0.39 is 6.10 Å². The van der Waals surface area contributed by atoms with Gasteiger partial charge in [0.25, 0.3) is 5.91 Å². The molecule has 3 rings (SSSR count). The molecule has 1 unspecified atom stereocenters. The van der Waals surface area contributed by atoms with Crippen LogP contribution in [0.3, 0.4) is 0 Å². The normalized spacial score (nSPS) is 17.6. The molecule has 2 heterocycles. The first-order valence-electron chi connectivity index (χ1n) is 6.59. The number of nitrogens with one attached hydrogen (secondary N) is 2. The van der Waals surface area contributed by atoms with E-state index in [2.05, 4.69) is 20.5 Å². The third-order valence-corrected chi connectivity index (χ3v) is 3.30. The van der Waals surface area contributed by atoms with Crippen LogP contribution in [0, 0.1) is 6.92 Å². The molecule has 0 fully saturated rings. The van der Waals surface area contributed by atoms with E-state index in [1.165, 1.54) is 5.56 Å². The van der Waals surface area contributed by atoms with Crippen molar-refractivity contribution in [1.82, 2.24) is 20.5 Å². The lowest BCUT2D eigenvalue weighted by Gasteiger charge is -2.24. The average molecular weight is 272 g/mol. The molecule has 1 aromatic carbocycles. The van der Waals surface area contributed by atoms with Crippen LogP contribution in [0.15, 0.2) is 24.3 Å². The number of ether oxygens (including phenoxy) is 1. The van der Waals surface area contributed by atoms with Gasteiger partial charge in [0, 0.05) is 0 Å². The van der Waals surface area contributed by atoms with E-state index in [0.717, 1.165) is 17.8 Å². The molecule has 0 radical (unpaired) electrons. The molecule has 0 saturated heterocycles. The van der Waals surface area contributed by atoms with Crippen molar-refractivity contribution in [3.05, 3.63) is 47.0 Å². The first-order chi connectivity index (χ1) is 9.74. The Hall–Kier alpha value is -2.21. The SMILES string of the molecule is Cc1nc(CNC(=O)C2OCCc3ccccc32)n[nH]1. The topological polar surface area (TPSA) is 79.9 Å². The first-order valence-corrected chi connectivity index (χ1v) is 6.59. The summed E-state index contributed by atoms with van der Waals surface area (Å²) in [5, 5.41) is 9.54. The number of benzene rings is 1. The highest BCUT2D eigenvalue weighted by atomic mass is 16.5. The third kappa shape index (κ3) is 2.55. The zero-order valence-corrected chi connectivity index (χ0v) is 11.2. The Morgan fingerprint density at radius 2 is 2.35 bits per heavy atom. The Morgan fingerprint density at radius 3 is 3.15 bits per heavy atom. The molecular formula is C14H16N4O2. The van der Waals surface area contributed by atoms with Crippen molar-refractivity contribution in [3.8, 4) is 0 Å². The van der Waals surface area contributed by atoms with Crippen molar-refractivity contribution in [2.24, 2.45) is 0 Å². The van der Waals surface area contributed by atoms with Crippen LogP contribution < -0.4 is 5.32 Å². The number of fused-ring (bicyclic) bond motifs is 1. The lowest BCUT2D eigenvalue weighted by molar-refractivity contribution is -0.134. The Bertz CT molecular complexity index is 623. The molecule has 2 N–H and O–H groups in total. The second-order valence-electron chi connectivity index (χ2n) is 4.75. The van der Waals surface area contributed by atoms with Gasteiger partial charge in [0.05, 0.1) is 13.2 Å². The van der Waals surface area contributed by atoms with Gasteiger partial charge in [-0.2, -0.15) is 5.10 Å². The van der Waals surface area contributed by atoms with Crippen LogP contribution >= 0.6 is 0 Å². The molecule has 0 spiro atoms. The average Bonchev–Trinajstić information content (AvgIpc) is 2.90. The number of rotatable bonds is 3. The monoisotopic (exact) mass is 272 g/mol. The van der Waals surface area contributed by atoms with E-state index in [1.54, 1.807) is 0 Å². The molecule has 1 aliphatic rings. The molecule has 1 atom stereocenters. The number of aromatic nitrogens is 3. The van der Waals surface area contributed by atoms with Gasteiger partial charge in [-0.05, 0) is 24.5 Å². The second-order valence-corrected chi connectivity index (χ2v) is 4.75. The van der Waals surface area contributed by atoms with Gasteiger partial charge >= 0.3 is 0 Å². The summed E-state index contributed by atoms with van der Waals surface area (Å²) >= 11 is 0. The zero-order valence-electron chi connectivity index (χ0n) is 11.2. The molecule has 6 heteroatoms. The number of aryl methyl sites for hydroxylation is 1. The highest BCUT2D eigenvalue weighted by Crippen LogP contribution is 2.26. The minimum absolute atomic E-state index is 0.153. The van der Waals surface area contributed by atoms with Gasteiger partial charge in [0.1, 0.15) is 5.82 Å². The van der Waals surface area contributed by atoms with Crippen molar-refractivity contribution in [3.63, 3.8) is 0 Å². The maximum Gasteiger partial charge on any atom is 0.254 e. The third-order valence-electron chi connectivity index (χ3n) is 3.30. The van der Waals surface area contributed by atoms with E-state index in [1.807, 2.05) is 31.2 Å². The lowest BCUT2D eigenvalue weighted by Crippen LogP contribution is -2.33. The lowest BCUT2D eigenvalue weighted by atomic mass is 9.97. The summed E-state index contributed by atoms with van der Waals surface area (Å²) in [6.07, 6.45) is 0.306. The van der Waals surface area contributed by atoms with Gasteiger partial charge in [-0.15, -0.1) is 0 Å². The Labute approximate surface area is 116 Å². The van der Waals surface area contributed by atoms with Gasteiger partial charge < -0.3 is 10.1 Å². The molecule has 2 aromatic rings. The van der Waals surface area contributed by atoms with Gasteiger partial charge in [0.2, 0.25) is 0 Å². The number of amides is 1. The Balaban J connectivity index is 1.69. The maximum absolute atomic E-state index is 12.2. The van der Waals surface area contributed by atoms with Crippen molar-refractivity contribution in [2.75, 3.05) is 6.61 Å². The number of nitrogens with zero attached hydrogens (tertiary/aromatic N) is 2. The van der Waals surface area contributed by atoms with E-state index in [9.17, 15) is 4.79 Å². The van der Waals surface area contributed by atoms with Gasteiger partial charge in [-0.1, -0.05) is 24.3 Å². The van der Waals surface area contributed by atoms with E-state index >= 15 is 0 Å². The summed E-state index contributed by atoms with van der Waals surface area (Å²) < 4.78 is 5.60. The molecule has 20 heavy (non-hydrogen) atoms. The molecule has 1 aromatic heterocycles. The number of H-pyrrole nitrogens is 1. The van der Waals surface area contributed by atoms with Gasteiger partial charge in [-0.25, -0.2) is 4.98 Å². The fourth-order valence-electron chi connectivity index (χ4n) is 2.34. The van der Waals surface area contributed by atoms with E-state index in [0.29, 0.717) is 19.0 Å². The van der Waals surface area contributed by atoms with Crippen LogP contribution in [0.5, 0.6) is 0 Å². The smallest absolute Gasteiger partial charge is 0.254 e. The molecule has 0 bridgehead atoms. The number of carbonyl (C=O) groups is 1. The summed E-state index contributed by atoms with van der Waals surface area (Å²) in [4.78, 5) is 16.4. The highest BCUT2D eigenvalue weighted by molar-refractivity contribution is 5.82. The van der Waals surface area contributed by atoms with Gasteiger partial charge in [0.15, 0.2) is 11.9 Å². The molecule has 104 valence electrons. The summed E-state index contributed by atoms with van der Waals surface area (Å²) in [5.41, 5.74) is 2.12. The van der Waals surface area contributed by atoms with E-state index in [-0.39, 0.29) is 5.91 Å². The highest BCUT2D eigenvalue weighted by Gasteiger charge is 2.26. The quantitative estimate of drug-likeness (QED) is 0.875. The predicted octanol–water partition coefficient (Wildman–Crippen LogP) is 1.04. The number of aromatic amines is 1.